The van der Waals surface area contributed by atoms with Gasteiger partial charge in [0.1, 0.15) is 34.7 Å². The molecule has 0 aliphatic heterocycles. The lowest BCUT2D eigenvalue weighted by Gasteiger charge is -2.21. The van der Waals surface area contributed by atoms with Crippen LogP contribution in [0.4, 0.5) is 17.6 Å². The van der Waals surface area contributed by atoms with Crippen LogP contribution in [0.3, 0.4) is 0 Å². The summed E-state index contributed by atoms with van der Waals surface area (Å²) in [6, 6.07) is 8.17. The van der Waals surface area contributed by atoms with Crippen LogP contribution in [0.1, 0.15) is 31.5 Å². The average Bonchev–Trinajstić information content (AvgIpc) is 3.19. The Morgan fingerprint density at radius 1 is 0.971 bits per heavy atom. The number of rotatable bonds is 5. The number of oxazole rings is 1. The summed E-state index contributed by atoms with van der Waals surface area (Å²) in [6.07, 6.45) is -1.64. The van der Waals surface area contributed by atoms with Crippen molar-refractivity contribution >= 4 is 0 Å². The molecular formula is C25H20F4N2O4. The third-order valence-electron chi connectivity index (χ3n) is 5.48. The smallest absolute Gasteiger partial charge is 0.255 e. The number of pyridine rings is 1. The van der Waals surface area contributed by atoms with Crippen LogP contribution in [0, 0.1) is 30.2 Å². The molecule has 35 heavy (non-hydrogen) atoms. The number of halogens is 4. The Bertz CT molecular complexity index is 1470. The molecule has 0 aliphatic carbocycles. The molecule has 0 saturated heterocycles. The lowest BCUT2D eigenvalue weighted by molar-refractivity contribution is -0.0617. The van der Waals surface area contributed by atoms with Gasteiger partial charge in [-0.1, -0.05) is 6.07 Å². The van der Waals surface area contributed by atoms with Gasteiger partial charge in [-0.15, -0.1) is 0 Å². The summed E-state index contributed by atoms with van der Waals surface area (Å²) in [5, 5.41) is 20.7. The summed E-state index contributed by atoms with van der Waals surface area (Å²) in [5.41, 5.74) is -3.25. The van der Waals surface area contributed by atoms with Crippen molar-refractivity contribution in [3.8, 4) is 28.3 Å². The maximum absolute atomic E-state index is 14.7. The highest BCUT2D eigenvalue weighted by atomic mass is 19.1. The summed E-state index contributed by atoms with van der Waals surface area (Å²) < 4.78 is 63.7. The van der Waals surface area contributed by atoms with Crippen molar-refractivity contribution < 1.29 is 32.2 Å². The highest BCUT2D eigenvalue weighted by molar-refractivity contribution is 5.78. The highest BCUT2D eigenvalue weighted by Crippen LogP contribution is 2.39. The minimum atomic E-state index is -1.70. The second-order valence-electron chi connectivity index (χ2n) is 8.49. The van der Waals surface area contributed by atoms with E-state index < -0.39 is 46.2 Å². The third kappa shape index (κ3) is 4.38. The monoisotopic (exact) mass is 488 g/mol. The maximum atomic E-state index is 14.7. The van der Waals surface area contributed by atoms with Gasteiger partial charge in [0, 0.05) is 23.4 Å². The Balaban J connectivity index is 2.03. The number of hydrogen-bond acceptors (Lipinski definition) is 5. The molecule has 0 amide bonds. The molecule has 2 N–H and O–H groups in total. The Kier molecular flexibility index (Phi) is 6.12. The van der Waals surface area contributed by atoms with Gasteiger partial charge in [-0.25, -0.2) is 22.5 Å². The van der Waals surface area contributed by atoms with Crippen LogP contribution in [-0.4, -0.2) is 25.4 Å². The molecule has 0 bridgehead atoms. The Labute approximate surface area is 196 Å². The molecule has 2 heterocycles. The molecule has 2 aromatic carbocycles. The van der Waals surface area contributed by atoms with Gasteiger partial charge in [0.2, 0.25) is 5.89 Å². The van der Waals surface area contributed by atoms with Crippen LogP contribution in [0.25, 0.3) is 28.3 Å². The Hall–Kier alpha value is -3.76. The molecule has 0 fully saturated rings. The first kappa shape index (κ1) is 24.4. The summed E-state index contributed by atoms with van der Waals surface area (Å²) in [5.74, 6) is -4.46. The van der Waals surface area contributed by atoms with Crippen LogP contribution >= 0.6 is 0 Å². The van der Waals surface area contributed by atoms with Crippen LogP contribution in [0.5, 0.6) is 0 Å². The van der Waals surface area contributed by atoms with Crippen molar-refractivity contribution in [3.05, 3.63) is 93.7 Å². The fraction of sp³-hybridized carbons (Fsp3) is 0.200. The largest absolute Gasteiger partial charge is 0.437 e. The molecule has 0 saturated carbocycles. The molecule has 0 spiro atoms. The zero-order valence-corrected chi connectivity index (χ0v) is 18.8. The molecule has 182 valence electrons. The summed E-state index contributed by atoms with van der Waals surface area (Å²) in [7, 11) is 0. The minimum Gasteiger partial charge on any atom is -0.437 e. The van der Waals surface area contributed by atoms with Crippen molar-refractivity contribution in [2.45, 2.75) is 32.5 Å². The van der Waals surface area contributed by atoms with Gasteiger partial charge >= 0.3 is 0 Å². The normalized spacial score (nSPS) is 12.7. The first-order valence-corrected chi connectivity index (χ1v) is 10.4. The standard InChI is InChI=1S/C25H20F4N2O4/c1-12-14(9-10-19(32)31(12)21-16(27)5-4-6-17(21)28)20-22(15-8-7-13(26)11-18(15)29)35-24(30-20)23(33)25(2,3)34/h4-11,23,33-34H,1-3H3. The van der Waals surface area contributed by atoms with Crippen molar-refractivity contribution in [1.29, 1.82) is 0 Å². The summed E-state index contributed by atoms with van der Waals surface area (Å²) in [4.78, 5) is 16.8. The molecular weight excluding hydrogens is 468 g/mol. The van der Waals surface area contributed by atoms with Gasteiger partial charge in [0.15, 0.2) is 11.9 Å². The van der Waals surface area contributed by atoms with Crippen molar-refractivity contribution in [3.63, 3.8) is 0 Å². The second-order valence-corrected chi connectivity index (χ2v) is 8.49. The number of benzene rings is 2. The van der Waals surface area contributed by atoms with E-state index in [0.717, 1.165) is 41.0 Å². The number of aliphatic hydroxyl groups is 2. The van der Waals surface area contributed by atoms with E-state index in [0.29, 0.717) is 6.07 Å². The number of hydrogen-bond donors (Lipinski definition) is 2. The van der Waals surface area contributed by atoms with Gasteiger partial charge in [-0.05, 0) is 51.1 Å². The predicted molar refractivity (Wildman–Crippen MR) is 119 cm³/mol. The van der Waals surface area contributed by atoms with Crippen LogP contribution in [0.2, 0.25) is 0 Å². The first-order valence-electron chi connectivity index (χ1n) is 10.4. The van der Waals surface area contributed by atoms with Gasteiger partial charge < -0.3 is 14.6 Å². The fourth-order valence-electron chi connectivity index (χ4n) is 3.66. The van der Waals surface area contributed by atoms with Crippen LogP contribution < -0.4 is 5.56 Å². The maximum Gasteiger partial charge on any atom is 0.255 e. The highest BCUT2D eigenvalue weighted by Gasteiger charge is 2.33. The molecule has 4 rings (SSSR count). The van der Waals surface area contributed by atoms with Gasteiger partial charge in [0.25, 0.3) is 5.56 Å². The van der Waals surface area contributed by atoms with Gasteiger partial charge in [-0.2, -0.15) is 0 Å². The van der Waals surface area contributed by atoms with E-state index in [9.17, 15) is 32.6 Å². The lowest BCUT2D eigenvalue weighted by atomic mass is 10.0. The number of aliphatic hydroxyl groups excluding tert-OH is 1. The Morgan fingerprint density at radius 2 is 1.60 bits per heavy atom. The summed E-state index contributed by atoms with van der Waals surface area (Å²) in [6.45, 7) is 3.99. The molecule has 4 aromatic rings. The topological polar surface area (TPSA) is 88.5 Å². The van der Waals surface area contributed by atoms with E-state index >= 15 is 0 Å². The van der Waals surface area contributed by atoms with Crippen molar-refractivity contribution in [1.82, 2.24) is 9.55 Å². The fourth-order valence-corrected chi connectivity index (χ4v) is 3.66. The predicted octanol–water partition coefficient (Wildman–Crippen LogP) is 4.83. The zero-order valence-electron chi connectivity index (χ0n) is 18.8. The molecule has 2 aromatic heterocycles. The molecule has 0 aliphatic rings. The SMILES string of the molecule is Cc1c(-c2nc(C(O)C(C)(C)O)oc2-c2ccc(F)cc2F)ccc(=O)n1-c1c(F)cccc1F. The Morgan fingerprint density at radius 3 is 2.20 bits per heavy atom. The molecule has 10 heteroatoms. The van der Waals surface area contributed by atoms with E-state index in [1.165, 1.54) is 26.8 Å². The number of aromatic nitrogens is 2. The van der Waals surface area contributed by atoms with E-state index in [4.69, 9.17) is 4.42 Å². The van der Waals surface area contributed by atoms with Crippen LogP contribution in [-0.2, 0) is 0 Å². The van der Waals surface area contributed by atoms with Crippen LogP contribution in [0.15, 0.2) is 57.7 Å². The van der Waals surface area contributed by atoms with Gasteiger partial charge in [0.05, 0.1) is 11.2 Å². The van der Waals surface area contributed by atoms with E-state index in [1.54, 1.807) is 0 Å². The number of para-hydroxylation sites is 1. The van der Waals surface area contributed by atoms with Crippen molar-refractivity contribution in [2.24, 2.45) is 0 Å². The van der Waals surface area contributed by atoms with Crippen molar-refractivity contribution in [2.75, 3.05) is 0 Å². The minimum absolute atomic E-state index is 0.0304. The molecule has 0 radical (unpaired) electrons. The molecule has 1 unspecified atom stereocenters. The lowest BCUT2D eigenvalue weighted by Crippen LogP contribution is -2.28. The van der Waals surface area contributed by atoms with E-state index in [2.05, 4.69) is 4.98 Å². The number of nitrogens with zero attached hydrogens (tertiary/aromatic N) is 2. The third-order valence-corrected chi connectivity index (χ3v) is 5.48. The average molecular weight is 488 g/mol. The van der Waals surface area contributed by atoms with Gasteiger partial charge in [-0.3, -0.25) is 9.36 Å². The zero-order chi connectivity index (χ0) is 25.7. The second kappa shape index (κ2) is 8.79. The summed E-state index contributed by atoms with van der Waals surface area (Å²) >= 11 is 0. The molecule has 6 nitrogen and oxygen atoms in total. The first-order chi connectivity index (χ1) is 16.4. The van der Waals surface area contributed by atoms with E-state index in [-0.39, 0.29) is 34.2 Å². The quantitative estimate of drug-likeness (QED) is 0.393. The van der Waals surface area contributed by atoms with E-state index in [1.807, 2.05) is 0 Å². The molecule has 1 atom stereocenters.